The minimum absolute atomic E-state index is 0.0857. The zero-order valence-electron chi connectivity index (χ0n) is 8.28. The van der Waals surface area contributed by atoms with Crippen LogP contribution in [0.15, 0.2) is 12.3 Å². The fourth-order valence-electron chi connectivity index (χ4n) is 2.06. The maximum atomic E-state index is 9.87. The molecule has 86 valence electrons. The van der Waals surface area contributed by atoms with Crippen molar-refractivity contribution in [3.8, 4) is 6.01 Å². The molecule has 0 saturated carbocycles. The summed E-state index contributed by atoms with van der Waals surface area (Å²) in [5.74, 6) is 0. The van der Waals surface area contributed by atoms with Crippen LogP contribution in [0.1, 0.15) is 6.23 Å². The first kappa shape index (κ1) is 9.76. The molecular formula is C9H11N3O4. The predicted octanol–water partition coefficient (Wildman–Crippen LogP) is -1.63. The molecular weight excluding hydrogens is 214 g/mol. The van der Waals surface area contributed by atoms with E-state index in [2.05, 4.69) is 4.98 Å². The van der Waals surface area contributed by atoms with Crippen LogP contribution in [0, 0.1) is 5.41 Å². The number of hydrogen-bond donors (Lipinski definition) is 3. The maximum absolute atomic E-state index is 9.87. The molecule has 2 bridgehead atoms. The van der Waals surface area contributed by atoms with Crippen LogP contribution in [0.3, 0.4) is 0 Å². The van der Waals surface area contributed by atoms with E-state index in [-0.39, 0.29) is 18.1 Å². The van der Waals surface area contributed by atoms with E-state index in [1.54, 1.807) is 6.20 Å². The van der Waals surface area contributed by atoms with E-state index < -0.39 is 24.5 Å². The molecule has 4 unspecified atom stereocenters. The van der Waals surface area contributed by atoms with Gasteiger partial charge in [-0.05, 0) is 6.07 Å². The summed E-state index contributed by atoms with van der Waals surface area (Å²) in [5.41, 5.74) is 0.0857. The molecule has 3 heterocycles. The van der Waals surface area contributed by atoms with E-state index in [1.165, 1.54) is 10.6 Å². The first-order valence-electron chi connectivity index (χ1n) is 4.95. The SMILES string of the molecule is N=c1ccn2c(n1)OC1C(CO)OC2C1O. The Morgan fingerprint density at radius 3 is 3.12 bits per heavy atom. The highest BCUT2D eigenvalue weighted by Crippen LogP contribution is 2.37. The van der Waals surface area contributed by atoms with Gasteiger partial charge in [-0.2, -0.15) is 4.98 Å². The fourth-order valence-corrected chi connectivity index (χ4v) is 2.06. The molecule has 1 saturated heterocycles. The third-order valence-electron chi connectivity index (χ3n) is 2.83. The van der Waals surface area contributed by atoms with E-state index in [0.29, 0.717) is 0 Å². The Morgan fingerprint density at radius 2 is 2.38 bits per heavy atom. The number of aliphatic hydroxyl groups is 2. The van der Waals surface area contributed by atoms with Crippen LogP contribution in [0.4, 0.5) is 0 Å². The Labute approximate surface area is 90.4 Å². The summed E-state index contributed by atoms with van der Waals surface area (Å²) in [4.78, 5) is 3.89. The first-order valence-corrected chi connectivity index (χ1v) is 4.95. The number of nitrogens with one attached hydrogen (secondary N) is 1. The Balaban J connectivity index is 2.07. The Hall–Kier alpha value is -1.44. The highest BCUT2D eigenvalue weighted by atomic mass is 16.6. The molecule has 3 N–H and O–H groups in total. The summed E-state index contributed by atoms with van der Waals surface area (Å²) in [6, 6.07) is 1.72. The fraction of sp³-hybridized carbons (Fsp3) is 0.556. The lowest BCUT2D eigenvalue weighted by molar-refractivity contribution is -0.0548. The van der Waals surface area contributed by atoms with Crippen molar-refractivity contribution in [2.24, 2.45) is 0 Å². The van der Waals surface area contributed by atoms with Crippen LogP contribution in [0.25, 0.3) is 0 Å². The number of rotatable bonds is 1. The van der Waals surface area contributed by atoms with Gasteiger partial charge in [0.1, 0.15) is 12.2 Å². The van der Waals surface area contributed by atoms with E-state index in [4.69, 9.17) is 20.0 Å². The molecule has 1 aromatic rings. The molecule has 2 aliphatic heterocycles. The highest BCUT2D eigenvalue weighted by molar-refractivity contribution is 5.09. The van der Waals surface area contributed by atoms with Gasteiger partial charge in [-0.1, -0.05) is 0 Å². The number of fused-ring (bicyclic) bond motifs is 4. The second-order valence-electron chi connectivity index (χ2n) is 3.82. The average Bonchev–Trinajstić information content (AvgIpc) is 2.49. The second-order valence-corrected chi connectivity index (χ2v) is 3.82. The number of aromatic nitrogens is 2. The van der Waals surface area contributed by atoms with Crippen molar-refractivity contribution in [2.75, 3.05) is 6.61 Å². The van der Waals surface area contributed by atoms with Crippen LogP contribution < -0.4 is 10.2 Å². The van der Waals surface area contributed by atoms with Crippen LogP contribution in [0.5, 0.6) is 6.01 Å². The van der Waals surface area contributed by atoms with Gasteiger partial charge in [-0.15, -0.1) is 0 Å². The zero-order valence-corrected chi connectivity index (χ0v) is 8.28. The van der Waals surface area contributed by atoms with E-state index in [0.717, 1.165) is 0 Å². The van der Waals surface area contributed by atoms with Crippen molar-refractivity contribution in [1.82, 2.24) is 9.55 Å². The van der Waals surface area contributed by atoms with Crippen molar-refractivity contribution in [3.05, 3.63) is 17.8 Å². The lowest BCUT2D eigenvalue weighted by atomic mass is 10.1. The molecule has 1 aromatic heterocycles. The summed E-state index contributed by atoms with van der Waals surface area (Å²) in [5, 5.41) is 26.3. The quantitative estimate of drug-likeness (QED) is 0.533. The number of hydrogen-bond acceptors (Lipinski definition) is 6. The molecule has 0 aliphatic carbocycles. The molecule has 0 aromatic carbocycles. The van der Waals surface area contributed by atoms with Crippen LogP contribution >= 0.6 is 0 Å². The molecule has 7 heteroatoms. The molecule has 0 amide bonds. The molecule has 7 nitrogen and oxygen atoms in total. The largest absolute Gasteiger partial charge is 0.455 e. The second kappa shape index (κ2) is 3.27. The summed E-state index contributed by atoms with van der Waals surface area (Å²) in [6.45, 7) is -0.222. The number of ether oxygens (including phenoxy) is 2. The van der Waals surface area contributed by atoms with Gasteiger partial charge in [0, 0.05) is 6.20 Å². The van der Waals surface area contributed by atoms with Gasteiger partial charge >= 0.3 is 6.01 Å². The lowest BCUT2D eigenvalue weighted by Gasteiger charge is -2.27. The van der Waals surface area contributed by atoms with Crippen molar-refractivity contribution >= 4 is 0 Å². The van der Waals surface area contributed by atoms with Gasteiger partial charge in [0.05, 0.1) is 6.61 Å². The summed E-state index contributed by atoms with van der Waals surface area (Å²) < 4.78 is 12.4. The standard InChI is InChI=1S/C9H11N3O4/c10-5-1-2-12-8-6(14)7(4(3-13)15-8)16-9(12)11-5/h1-2,4,6-8,10,13-14H,3H2. The van der Waals surface area contributed by atoms with E-state index in [1.807, 2.05) is 0 Å². The molecule has 0 radical (unpaired) electrons. The summed E-state index contributed by atoms with van der Waals surface area (Å²) >= 11 is 0. The van der Waals surface area contributed by atoms with Crippen LogP contribution in [-0.4, -0.2) is 44.7 Å². The molecule has 1 fully saturated rings. The molecule has 16 heavy (non-hydrogen) atoms. The van der Waals surface area contributed by atoms with Gasteiger partial charge in [0.2, 0.25) is 0 Å². The highest BCUT2D eigenvalue weighted by Gasteiger charge is 2.50. The summed E-state index contributed by atoms with van der Waals surface area (Å²) in [6.07, 6.45) is -1.03. The summed E-state index contributed by atoms with van der Waals surface area (Å²) in [7, 11) is 0. The Morgan fingerprint density at radius 1 is 1.56 bits per heavy atom. The predicted molar refractivity (Wildman–Crippen MR) is 49.5 cm³/mol. The van der Waals surface area contributed by atoms with Crippen molar-refractivity contribution < 1.29 is 19.7 Å². The van der Waals surface area contributed by atoms with Gasteiger partial charge in [0.25, 0.3) is 0 Å². The lowest BCUT2D eigenvalue weighted by Crippen LogP contribution is -2.43. The smallest absolute Gasteiger partial charge is 0.300 e. The third-order valence-corrected chi connectivity index (χ3v) is 2.83. The van der Waals surface area contributed by atoms with Crippen molar-refractivity contribution in [2.45, 2.75) is 24.5 Å². The van der Waals surface area contributed by atoms with Gasteiger partial charge in [0.15, 0.2) is 17.8 Å². The van der Waals surface area contributed by atoms with Gasteiger partial charge in [-0.3, -0.25) is 9.98 Å². The number of aliphatic hydroxyl groups excluding tert-OH is 2. The molecule has 2 aliphatic rings. The molecule has 3 rings (SSSR count). The number of nitrogens with zero attached hydrogens (tertiary/aromatic N) is 2. The monoisotopic (exact) mass is 225 g/mol. The minimum atomic E-state index is -0.826. The maximum Gasteiger partial charge on any atom is 0.300 e. The van der Waals surface area contributed by atoms with Crippen LogP contribution in [0.2, 0.25) is 0 Å². The van der Waals surface area contributed by atoms with Gasteiger partial charge < -0.3 is 19.7 Å². The Bertz CT molecular complexity index is 474. The minimum Gasteiger partial charge on any atom is -0.455 e. The molecule has 0 spiro atoms. The normalized spacial score (nSPS) is 35.6. The van der Waals surface area contributed by atoms with Gasteiger partial charge in [-0.25, -0.2) is 0 Å². The topological polar surface area (TPSA) is 101 Å². The average molecular weight is 225 g/mol. The van der Waals surface area contributed by atoms with Crippen molar-refractivity contribution in [1.29, 1.82) is 5.41 Å². The zero-order chi connectivity index (χ0) is 11.3. The van der Waals surface area contributed by atoms with Crippen LogP contribution in [-0.2, 0) is 4.74 Å². The van der Waals surface area contributed by atoms with E-state index >= 15 is 0 Å². The first-order chi connectivity index (χ1) is 7.70. The van der Waals surface area contributed by atoms with E-state index in [9.17, 15) is 5.11 Å². The third kappa shape index (κ3) is 1.19. The van der Waals surface area contributed by atoms with Crippen molar-refractivity contribution in [3.63, 3.8) is 0 Å². The molecule has 4 atom stereocenters. The Kier molecular flexibility index (Phi) is 2.00.